The highest BCUT2D eigenvalue weighted by atomic mass is 32.1. The van der Waals surface area contributed by atoms with Crippen molar-refractivity contribution in [1.29, 1.82) is 0 Å². The molecule has 0 saturated carbocycles. The number of likely N-dealkylation sites (tertiary alicyclic amines) is 1. The van der Waals surface area contributed by atoms with Crippen LogP contribution in [0.15, 0.2) is 6.20 Å². The monoisotopic (exact) mass is 293 g/mol. The molecule has 1 aliphatic rings. The summed E-state index contributed by atoms with van der Waals surface area (Å²) in [6, 6.07) is 0.255. The van der Waals surface area contributed by atoms with Crippen LogP contribution in [-0.2, 0) is 12.7 Å². The van der Waals surface area contributed by atoms with E-state index >= 15 is 0 Å². The molecule has 0 spiro atoms. The van der Waals surface area contributed by atoms with Crippen LogP contribution in [0.25, 0.3) is 0 Å². The number of nitrogens with two attached hydrogens (primary N) is 1. The molecule has 1 aromatic rings. The fourth-order valence-corrected chi connectivity index (χ4v) is 3.43. The second-order valence-electron chi connectivity index (χ2n) is 5.02. The molecular formula is C12H18F3N3S. The Labute approximate surface area is 114 Å². The van der Waals surface area contributed by atoms with Crippen molar-refractivity contribution in [3.8, 4) is 0 Å². The highest BCUT2D eigenvalue weighted by molar-refractivity contribution is 7.11. The lowest BCUT2D eigenvalue weighted by molar-refractivity contribution is -0.137. The predicted molar refractivity (Wildman–Crippen MR) is 68.8 cm³/mol. The van der Waals surface area contributed by atoms with Crippen LogP contribution >= 0.6 is 11.3 Å². The number of thiazole rings is 1. The Hall–Kier alpha value is -0.660. The number of rotatable bonds is 3. The minimum absolute atomic E-state index is 0.255. The molecular weight excluding hydrogens is 275 g/mol. The van der Waals surface area contributed by atoms with E-state index in [0.717, 1.165) is 30.7 Å². The maximum Gasteiger partial charge on any atom is 0.443 e. The predicted octanol–water partition coefficient (Wildman–Crippen LogP) is 2.72. The number of aromatic nitrogens is 1. The van der Waals surface area contributed by atoms with Crippen LogP contribution in [0.2, 0.25) is 0 Å². The number of alkyl halides is 3. The first-order chi connectivity index (χ1) is 8.91. The summed E-state index contributed by atoms with van der Waals surface area (Å²) in [7, 11) is 0. The Morgan fingerprint density at radius 2 is 2.26 bits per heavy atom. The molecule has 0 radical (unpaired) electrons. The van der Waals surface area contributed by atoms with Crippen LogP contribution in [0.1, 0.15) is 29.7 Å². The fraction of sp³-hybridized carbons (Fsp3) is 0.750. The van der Waals surface area contributed by atoms with E-state index in [-0.39, 0.29) is 6.04 Å². The van der Waals surface area contributed by atoms with E-state index in [1.165, 1.54) is 6.20 Å². The van der Waals surface area contributed by atoms with Gasteiger partial charge in [0.1, 0.15) is 0 Å². The molecule has 2 N–H and O–H groups in total. The third-order valence-corrected chi connectivity index (χ3v) is 4.65. The van der Waals surface area contributed by atoms with Crippen molar-refractivity contribution in [1.82, 2.24) is 9.88 Å². The Kier molecular flexibility index (Phi) is 4.47. The Bertz CT molecular complexity index is 419. The van der Waals surface area contributed by atoms with Crippen molar-refractivity contribution in [2.75, 3.05) is 13.1 Å². The molecule has 0 amide bonds. The van der Waals surface area contributed by atoms with Crippen molar-refractivity contribution in [2.45, 2.75) is 38.5 Å². The summed E-state index contributed by atoms with van der Waals surface area (Å²) >= 11 is 0.729. The second kappa shape index (κ2) is 5.76. The summed E-state index contributed by atoms with van der Waals surface area (Å²) in [6.45, 7) is 4.11. The van der Waals surface area contributed by atoms with Crippen molar-refractivity contribution in [3.05, 3.63) is 16.1 Å². The van der Waals surface area contributed by atoms with Crippen LogP contribution in [0.3, 0.4) is 0 Å². The first-order valence-corrected chi connectivity index (χ1v) is 7.19. The van der Waals surface area contributed by atoms with E-state index in [0.29, 0.717) is 23.9 Å². The molecule has 2 heterocycles. The number of hydrogen-bond acceptors (Lipinski definition) is 4. The van der Waals surface area contributed by atoms with Gasteiger partial charge in [0.2, 0.25) is 0 Å². The van der Waals surface area contributed by atoms with Crippen LogP contribution < -0.4 is 5.73 Å². The molecule has 0 bridgehead atoms. The van der Waals surface area contributed by atoms with Crippen LogP contribution in [0.5, 0.6) is 0 Å². The van der Waals surface area contributed by atoms with Crippen LogP contribution in [0, 0.1) is 5.92 Å². The summed E-state index contributed by atoms with van der Waals surface area (Å²) in [4.78, 5) is 6.29. The van der Waals surface area contributed by atoms with Crippen molar-refractivity contribution in [2.24, 2.45) is 11.7 Å². The minimum Gasteiger partial charge on any atom is -0.329 e. The average Bonchev–Trinajstić information content (AvgIpc) is 2.77. The van der Waals surface area contributed by atoms with Gasteiger partial charge in [-0.25, -0.2) is 4.98 Å². The maximum absolute atomic E-state index is 12.5. The van der Waals surface area contributed by atoms with Gasteiger partial charge in [-0.3, -0.25) is 4.90 Å². The molecule has 1 saturated heterocycles. The Morgan fingerprint density at radius 1 is 1.53 bits per heavy atom. The van der Waals surface area contributed by atoms with Gasteiger partial charge in [0.15, 0.2) is 5.01 Å². The van der Waals surface area contributed by atoms with E-state index in [1.54, 1.807) is 0 Å². The Balaban J connectivity index is 2.05. The largest absolute Gasteiger partial charge is 0.443 e. The maximum atomic E-state index is 12.5. The lowest BCUT2D eigenvalue weighted by atomic mass is 9.91. The smallest absolute Gasteiger partial charge is 0.329 e. The summed E-state index contributed by atoms with van der Waals surface area (Å²) in [5.74, 6) is 0.494. The topological polar surface area (TPSA) is 42.2 Å². The molecule has 1 fully saturated rings. The quantitative estimate of drug-likeness (QED) is 0.931. The van der Waals surface area contributed by atoms with Crippen molar-refractivity contribution < 1.29 is 13.2 Å². The van der Waals surface area contributed by atoms with Gasteiger partial charge >= 0.3 is 6.18 Å². The third-order valence-electron chi connectivity index (χ3n) is 3.63. The molecule has 2 rings (SSSR count). The number of hydrogen-bond donors (Lipinski definition) is 1. The second-order valence-corrected chi connectivity index (χ2v) is 6.14. The summed E-state index contributed by atoms with van der Waals surface area (Å²) in [5.41, 5.74) is 5.78. The standard InChI is InChI=1S/C12H18F3N3S/c1-8-3-2-4-18(10(8)5-16)7-9-6-17-11(19-9)12(13,14)15/h6,8,10H,2-5,7,16H2,1H3. The highest BCUT2D eigenvalue weighted by Crippen LogP contribution is 2.33. The van der Waals surface area contributed by atoms with Crippen LogP contribution in [-0.4, -0.2) is 29.0 Å². The first-order valence-electron chi connectivity index (χ1n) is 6.38. The van der Waals surface area contributed by atoms with Gasteiger partial charge in [0, 0.05) is 30.2 Å². The molecule has 7 heteroatoms. The molecule has 2 unspecified atom stereocenters. The van der Waals surface area contributed by atoms with E-state index < -0.39 is 11.2 Å². The SMILES string of the molecule is CC1CCCN(Cc2cnc(C(F)(F)F)s2)C1CN. The number of halogens is 3. The zero-order chi connectivity index (χ0) is 14.0. The number of piperidine rings is 1. The molecule has 0 aromatic carbocycles. The van der Waals surface area contributed by atoms with Gasteiger partial charge in [-0.15, -0.1) is 11.3 Å². The molecule has 0 aliphatic carbocycles. The minimum atomic E-state index is -4.34. The van der Waals surface area contributed by atoms with E-state index in [2.05, 4.69) is 16.8 Å². The van der Waals surface area contributed by atoms with Gasteiger partial charge in [0.05, 0.1) is 0 Å². The van der Waals surface area contributed by atoms with E-state index in [9.17, 15) is 13.2 Å². The third kappa shape index (κ3) is 3.46. The molecule has 1 aromatic heterocycles. The zero-order valence-electron chi connectivity index (χ0n) is 10.8. The molecule has 1 aliphatic heterocycles. The summed E-state index contributed by atoms with van der Waals surface area (Å²) in [6.07, 6.45) is -0.802. The van der Waals surface area contributed by atoms with Crippen molar-refractivity contribution in [3.63, 3.8) is 0 Å². The lowest BCUT2D eigenvalue weighted by Gasteiger charge is -2.39. The fourth-order valence-electron chi connectivity index (χ4n) is 2.62. The molecule has 108 valence electrons. The number of nitrogens with zero attached hydrogens (tertiary/aromatic N) is 2. The van der Waals surface area contributed by atoms with Gasteiger partial charge in [-0.2, -0.15) is 13.2 Å². The molecule has 19 heavy (non-hydrogen) atoms. The lowest BCUT2D eigenvalue weighted by Crippen LogP contribution is -2.47. The summed E-state index contributed by atoms with van der Waals surface area (Å²) < 4.78 is 37.5. The molecule has 3 nitrogen and oxygen atoms in total. The van der Waals surface area contributed by atoms with Gasteiger partial charge < -0.3 is 5.73 Å². The average molecular weight is 293 g/mol. The van der Waals surface area contributed by atoms with E-state index in [4.69, 9.17) is 5.73 Å². The van der Waals surface area contributed by atoms with Crippen molar-refractivity contribution >= 4 is 11.3 Å². The van der Waals surface area contributed by atoms with E-state index in [1.807, 2.05) is 0 Å². The first kappa shape index (κ1) is 14.7. The van der Waals surface area contributed by atoms with Gasteiger partial charge in [-0.05, 0) is 25.3 Å². The van der Waals surface area contributed by atoms with Crippen LogP contribution in [0.4, 0.5) is 13.2 Å². The van der Waals surface area contributed by atoms with Gasteiger partial charge in [0.25, 0.3) is 0 Å². The zero-order valence-corrected chi connectivity index (χ0v) is 11.6. The summed E-state index contributed by atoms with van der Waals surface area (Å²) in [5, 5.41) is -0.767. The molecule has 2 atom stereocenters. The Morgan fingerprint density at radius 3 is 2.84 bits per heavy atom. The highest BCUT2D eigenvalue weighted by Gasteiger charge is 2.35. The normalized spacial score (nSPS) is 25.7. The van der Waals surface area contributed by atoms with Gasteiger partial charge in [-0.1, -0.05) is 6.92 Å².